The Morgan fingerprint density at radius 3 is 2.96 bits per heavy atom. The van der Waals surface area contributed by atoms with Gasteiger partial charge in [-0.05, 0) is 29.8 Å². The zero-order valence-electron chi connectivity index (χ0n) is 13.9. The molecule has 6 nitrogen and oxygen atoms in total. The first-order valence-corrected chi connectivity index (χ1v) is 8.09. The van der Waals surface area contributed by atoms with Gasteiger partial charge in [-0.1, -0.05) is 12.1 Å². The topological polar surface area (TPSA) is 57.5 Å². The highest BCUT2D eigenvalue weighted by molar-refractivity contribution is 5.48. The van der Waals surface area contributed by atoms with Gasteiger partial charge in [-0.2, -0.15) is 0 Å². The number of nitrogens with one attached hydrogen (secondary N) is 1. The van der Waals surface area contributed by atoms with E-state index in [1.54, 1.807) is 6.20 Å². The number of aryl methyl sites for hydroxylation is 1. The number of ether oxygens (including phenoxy) is 3. The SMILES string of the molecule is Cn1ccnc1CNc1cccc(COc2ccc3c(c2)OCO3)c1. The second-order valence-corrected chi connectivity index (χ2v) is 5.81. The average molecular weight is 337 g/mol. The summed E-state index contributed by atoms with van der Waals surface area (Å²) in [5.41, 5.74) is 2.12. The van der Waals surface area contributed by atoms with Gasteiger partial charge in [0, 0.05) is 31.2 Å². The van der Waals surface area contributed by atoms with Crippen LogP contribution >= 0.6 is 0 Å². The Kier molecular flexibility index (Phi) is 4.16. The molecular weight excluding hydrogens is 318 g/mol. The molecule has 0 saturated heterocycles. The van der Waals surface area contributed by atoms with E-state index in [2.05, 4.69) is 16.4 Å². The van der Waals surface area contributed by atoms with Gasteiger partial charge in [0.1, 0.15) is 18.2 Å². The summed E-state index contributed by atoms with van der Waals surface area (Å²) in [7, 11) is 1.99. The number of hydrogen-bond acceptors (Lipinski definition) is 5. The van der Waals surface area contributed by atoms with Crippen molar-refractivity contribution in [2.45, 2.75) is 13.2 Å². The molecule has 1 aliphatic heterocycles. The van der Waals surface area contributed by atoms with Gasteiger partial charge in [-0.15, -0.1) is 0 Å². The maximum absolute atomic E-state index is 5.86. The average Bonchev–Trinajstić information content (AvgIpc) is 3.26. The first-order chi connectivity index (χ1) is 12.3. The van der Waals surface area contributed by atoms with Gasteiger partial charge in [0.15, 0.2) is 11.5 Å². The Morgan fingerprint density at radius 1 is 1.16 bits per heavy atom. The summed E-state index contributed by atoms with van der Waals surface area (Å²) < 4.78 is 18.5. The van der Waals surface area contributed by atoms with Crippen LogP contribution < -0.4 is 19.5 Å². The number of rotatable bonds is 6. The van der Waals surface area contributed by atoms with E-state index in [4.69, 9.17) is 14.2 Å². The molecule has 128 valence electrons. The van der Waals surface area contributed by atoms with E-state index in [0.717, 1.165) is 34.3 Å². The van der Waals surface area contributed by atoms with Crippen molar-refractivity contribution in [2.24, 2.45) is 7.05 Å². The molecule has 0 spiro atoms. The monoisotopic (exact) mass is 337 g/mol. The fraction of sp³-hybridized carbons (Fsp3) is 0.211. The van der Waals surface area contributed by atoms with Crippen LogP contribution in [0.15, 0.2) is 54.9 Å². The Labute approximate surface area is 146 Å². The van der Waals surface area contributed by atoms with Crippen LogP contribution in [0.1, 0.15) is 11.4 Å². The highest BCUT2D eigenvalue weighted by atomic mass is 16.7. The predicted octanol–water partition coefficient (Wildman–Crippen LogP) is 3.34. The summed E-state index contributed by atoms with van der Waals surface area (Å²) in [6.07, 6.45) is 3.74. The fourth-order valence-corrected chi connectivity index (χ4v) is 2.65. The predicted molar refractivity (Wildman–Crippen MR) is 93.9 cm³/mol. The first-order valence-electron chi connectivity index (χ1n) is 8.09. The summed E-state index contributed by atoms with van der Waals surface area (Å²) in [6, 6.07) is 13.8. The van der Waals surface area contributed by atoms with E-state index in [1.807, 2.05) is 54.2 Å². The minimum atomic E-state index is 0.266. The number of hydrogen-bond donors (Lipinski definition) is 1. The molecule has 0 atom stereocenters. The Hall–Kier alpha value is -3.15. The molecule has 0 bridgehead atoms. The summed E-state index contributed by atoms with van der Waals surface area (Å²) in [4.78, 5) is 4.31. The molecule has 2 aromatic carbocycles. The van der Waals surface area contributed by atoms with E-state index in [-0.39, 0.29) is 6.79 Å². The van der Waals surface area contributed by atoms with E-state index >= 15 is 0 Å². The molecule has 0 fully saturated rings. The van der Waals surface area contributed by atoms with Gasteiger partial charge in [-0.3, -0.25) is 0 Å². The maximum Gasteiger partial charge on any atom is 0.231 e. The van der Waals surface area contributed by atoms with Crippen LogP contribution in [0, 0.1) is 0 Å². The lowest BCUT2D eigenvalue weighted by atomic mass is 10.2. The molecule has 3 aromatic rings. The van der Waals surface area contributed by atoms with Crippen molar-refractivity contribution >= 4 is 5.69 Å². The molecule has 4 rings (SSSR count). The van der Waals surface area contributed by atoms with Gasteiger partial charge < -0.3 is 24.1 Å². The van der Waals surface area contributed by atoms with Crippen LogP contribution in [-0.4, -0.2) is 16.3 Å². The number of nitrogens with zero attached hydrogens (tertiary/aromatic N) is 2. The van der Waals surface area contributed by atoms with Gasteiger partial charge in [0.25, 0.3) is 0 Å². The van der Waals surface area contributed by atoms with Crippen molar-refractivity contribution in [1.82, 2.24) is 9.55 Å². The quantitative estimate of drug-likeness (QED) is 0.748. The molecule has 6 heteroatoms. The largest absolute Gasteiger partial charge is 0.489 e. The lowest BCUT2D eigenvalue weighted by molar-refractivity contribution is 0.173. The number of anilines is 1. The maximum atomic E-state index is 5.86. The summed E-state index contributed by atoms with van der Waals surface area (Å²) in [5, 5.41) is 3.39. The molecule has 1 aromatic heterocycles. The van der Waals surface area contributed by atoms with E-state index < -0.39 is 0 Å². The molecule has 0 amide bonds. The fourth-order valence-electron chi connectivity index (χ4n) is 2.65. The van der Waals surface area contributed by atoms with Crippen LogP contribution in [0.5, 0.6) is 17.2 Å². The van der Waals surface area contributed by atoms with E-state index in [0.29, 0.717) is 13.2 Å². The zero-order chi connectivity index (χ0) is 17.1. The van der Waals surface area contributed by atoms with Crippen molar-refractivity contribution < 1.29 is 14.2 Å². The molecule has 1 aliphatic rings. The highest BCUT2D eigenvalue weighted by Gasteiger charge is 2.13. The summed E-state index contributed by atoms with van der Waals surface area (Å²) in [5.74, 6) is 3.23. The minimum Gasteiger partial charge on any atom is -0.489 e. The summed E-state index contributed by atoms with van der Waals surface area (Å²) in [6.45, 7) is 1.43. The molecule has 0 unspecified atom stereocenters. The van der Waals surface area contributed by atoms with Crippen LogP contribution in [0.2, 0.25) is 0 Å². The van der Waals surface area contributed by atoms with Crippen LogP contribution in [-0.2, 0) is 20.2 Å². The van der Waals surface area contributed by atoms with Crippen LogP contribution in [0.4, 0.5) is 5.69 Å². The molecular formula is C19H19N3O3. The number of aromatic nitrogens is 2. The third-order valence-corrected chi connectivity index (χ3v) is 4.05. The minimum absolute atomic E-state index is 0.266. The number of benzene rings is 2. The second kappa shape index (κ2) is 6.76. The van der Waals surface area contributed by atoms with Crippen molar-refractivity contribution in [3.8, 4) is 17.2 Å². The number of imidazole rings is 1. The molecule has 25 heavy (non-hydrogen) atoms. The molecule has 0 saturated carbocycles. The van der Waals surface area contributed by atoms with Crippen LogP contribution in [0.3, 0.4) is 0 Å². The van der Waals surface area contributed by atoms with E-state index in [1.165, 1.54) is 0 Å². The second-order valence-electron chi connectivity index (χ2n) is 5.81. The Balaban J connectivity index is 1.37. The normalized spacial score (nSPS) is 12.2. The lowest BCUT2D eigenvalue weighted by Gasteiger charge is -2.10. The van der Waals surface area contributed by atoms with Crippen molar-refractivity contribution in [1.29, 1.82) is 0 Å². The van der Waals surface area contributed by atoms with Crippen LogP contribution in [0.25, 0.3) is 0 Å². The molecule has 0 radical (unpaired) electrons. The van der Waals surface area contributed by atoms with Gasteiger partial charge in [0.05, 0.1) is 6.54 Å². The molecule has 2 heterocycles. The van der Waals surface area contributed by atoms with Crippen molar-refractivity contribution in [3.05, 3.63) is 66.2 Å². The number of fused-ring (bicyclic) bond motifs is 1. The van der Waals surface area contributed by atoms with Crippen molar-refractivity contribution in [3.63, 3.8) is 0 Å². The zero-order valence-corrected chi connectivity index (χ0v) is 13.9. The van der Waals surface area contributed by atoms with E-state index in [9.17, 15) is 0 Å². The van der Waals surface area contributed by atoms with Gasteiger partial charge in [-0.25, -0.2) is 4.98 Å². The summed E-state index contributed by atoms with van der Waals surface area (Å²) >= 11 is 0. The lowest BCUT2D eigenvalue weighted by Crippen LogP contribution is -2.06. The first kappa shape index (κ1) is 15.4. The molecule has 0 aliphatic carbocycles. The third-order valence-electron chi connectivity index (χ3n) is 4.05. The Bertz CT molecular complexity index is 876. The van der Waals surface area contributed by atoms with Gasteiger partial charge in [0.2, 0.25) is 6.79 Å². The highest BCUT2D eigenvalue weighted by Crippen LogP contribution is 2.35. The molecule has 1 N–H and O–H groups in total. The smallest absolute Gasteiger partial charge is 0.231 e. The van der Waals surface area contributed by atoms with Crippen molar-refractivity contribution in [2.75, 3.05) is 12.1 Å². The third kappa shape index (κ3) is 3.52. The van der Waals surface area contributed by atoms with Gasteiger partial charge >= 0.3 is 0 Å². The Morgan fingerprint density at radius 2 is 2.08 bits per heavy atom. The standard InChI is InChI=1S/C19H19N3O3/c1-22-8-7-20-19(22)11-21-15-4-2-3-14(9-15)12-23-16-5-6-17-18(10-16)25-13-24-17/h2-10,21H,11-13H2,1H3.